The number of alkyl carbamates (subject to hydrolysis) is 1. The molecule has 0 aromatic heterocycles. The van der Waals surface area contributed by atoms with Gasteiger partial charge in [-0.05, 0) is 54.7 Å². The van der Waals surface area contributed by atoms with Crippen LogP contribution in [0.15, 0.2) is 18.2 Å². The number of halogens is 1. The van der Waals surface area contributed by atoms with E-state index < -0.39 is 22.2 Å². The number of aldehydes is 1. The quantitative estimate of drug-likeness (QED) is 0.796. The molecule has 0 saturated carbocycles. The van der Waals surface area contributed by atoms with Gasteiger partial charge in [0.15, 0.2) is 0 Å². The van der Waals surface area contributed by atoms with Gasteiger partial charge in [-0.3, -0.25) is 0 Å². The smallest absolute Gasteiger partial charge is 0.407 e. The number of hydrogen-bond acceptors (Lipinski definition) is 3. The minimum atomic E-state index is -0.700. The van der Waals surface area contributed by atoms with Crippen LogP contribution in [-0.2, 0) is 22.4 Å². The number of nitrogens with one attached hydrogen (secondary N) is 1. The van der Waals surface area contributed by atoms with Crippen LogP contribution in [0.2, 0.25) is 5.02 Å². The van der Waals surface area contributed by atoms with Crippen LogP contribution < -0.4 is 5.32 Å². The maximum Gasteiger partial charge on any atom is 0.407 e. The molecule has 0 radical (unpaired) electrons. The molecule has 2 atom stereocenters. The van der Waals surface area contributed by atoms with E-state index in [4.69, 9.17) is 16.3 Å². The third kappa shape index (κ3) is 5.15. The topological polar surface area (TPSA) is 55.4 Å². The first kappa shape index (κ1) is 18.1. The number of amides is 1. The number of carbonyl (C=O) groups is 2. The van der Waals surface area contributed by atoms with Crippen molar-refractivity contribution in [2.24, 2.45) is 5.92 Å². The number of fused-ring (bicyclic) bond motifs is 1. The predicted molar refractivity (Wildman–Crippen MR) is 96.9 cm³/mol. The highest BCUT2D eigenvalue weighted by Gasteiger charge is 2.31. The Hall–Kier alpha value is -1.20. The van der Waals surface area contributed by atoms with Crippen LogP contribution >= 0.6 is 21.6 Å². The SMILES string of the molecule is CS(C)(C)CCOC(=O)NC(C=O)C1Cc2cccc(Cl)c2C1. The zero-order chi connectivity index (χ0) is 17.0. The van der Waals surface area contributed by atoms with Crippen molar-refractivity contribution in [3.8, 4) is 0 Å². The molecule has 1 aromatic carbocycles. The molecule has 0 aliphatic heterocycles. The molecule has 0 spiro atoms. The Balaban J connectivity index is 1.88. The average Bonchev–Trinajstić information content (AvgIpc) is 2.88. The van der Waals surface area contributed by atoms with Crippen molar-refractivity contribution in [1.29, 1.82) is 0 Å². The molecule has 1 amide bonds. The van der Waals surface area contributed by atoms with Crippen LogP contribution in [0.1, 0.15) is 11.1 Å². The highest BCUT2D eigenvalue weighted by atomic mass is 35.5. The number of ether oxygens (including phenoxy) is 1. The second kappa shape index (κ2) is 7.58. The van der Waals surface area contributed by atoms with Gasteiger partial charge in [-0.15, -0.1) is 0 Å². The van der Waals surface area contributed by atoms with Gasteiger partial charge in [0.1, 0.15) is 12.9 Å². The van der Waals surface area contributed by atoms with Crippen LogP contribution in [0.4, 0.5) is 4.79 Å². The van der Waals surface area contributed by atoms with Crippen molar-refractivity contribution >= 4 is 34.0 Å². The zero-order valence-corrected chi connectivity index (χ0v) is 15.4. The fourth-order valence-electron chi connectivity index (χ4n) is 2.72. The van der Waals surface area contributed by atoms with E-state index in [1.54, 1.807) is 0 Å². The van der Waals surface area contributed by atoms with Crippen molar-refractivity contribution in [2.75, 3.05) is 31.1 Å². The number of benzene rings is 1. The predicted octanol–water partition coefficient (Wildman–Crippen LogP) is 3.04. The average molecular weight is 358 g/mol. The zero-order valence-electron chi connectivity index (χ0n) is 13.8. The van der Waals surface area contributed by atoms with E-state index in [9.17, 15) is 9.59 Å². The van der Waals surface area contributed by atoms with Crippen molar-refractivity contribution in [2.45, 2.75) is 18.9 Å². The van der Waals surface area contributed by atoms with E-state index in [-0.39, 0.29) is 5.92 Å². The Labute approximate surface area is 144 Å². The number of carbonyl (C=O) groups excluding carboxylic acids is 2. The molecule has 1 aliphatic rings. The van der Waals surface area contributed by atoms with Gasteiger partial charge in [0.05, 0.1) is 6.04 Å². The van der Waals surface area contributed by atoms with Crippen LogP contribution in [0.3, 0.4) is 0 Å². The lowest BCUT2D eigenvalue weighted by atomic mass is 9.98. The van der Waals surface area contributed by atoms with Gasteiger partial charge in [0.25, 0.3) is 0 Å². The maximum absolute atomic E-state index is 11.9. The van der Waals surface area contributed by atoms with E-state index in [0.717, 1.165) is 34.6 Å². The van der Waals surface area contributed by atoms with Gasteiger partial charge < -0.3 is 14.8 Å². The summed E-state index contributed by atoms with van der Waals surface area (Å²) in [5.41, 5.74) is 2.23. The number of rotatable bonds is 6. The third-order valence-corrected chi connectivity index (χ3v) is 5.78. The molecule has 1 aromatic rings. The van der Waals surface area contributed by atoms with E-state index in [2.05, 4.69) is 24.1 Å². The highest BCUT2D eigenvalue weighted by molar-refractivity contribution is 8.32. The Morgan fingerprint density at radius 2 is 2.17 bits per heavy atom. The largest absolute Gasteiger partial charge is 0.449 e. The van der Waals surface area contributed by atoms with Gasteiger partial charge in [0, 0.05) is 10.8 Å². The lowest BCUT2D eigenvalue weighted by molar-refractivity contribution is -0.110. The maximum atomic E-state index is 11.9. The first-order valence-electron chi connectivity index (χ1n) is 7.61. The van der Waals surface area contributed by atoms with Crippen molar-refractivity contribution < 1.29 is 14.3 Å². The standard InChI is InChI=1S/C17H24ClNO3S/c1-23(2,3)8-7-22-17(21)19-16(11-20)13-9-12-5-4-6-15(18)14(12)10-13/h4-6,11,13,16H,7-10H2,1-3H3,(H,19,21). The normalized spacial score (nSPS) is 18.9. The van der Waals surface area contributed by atoms with Gasteiger partial charge in [-0.2, -0.15) is 0 Å². The molecule has 0 bridgehead atoms. The van der Waals surface area contributed by atoms with Crippen molar-refractivity contribution in [3.05, 3.63) is 34.3 Å². The lowest BCUT2D eigenvalue weighted by Gasteiger charge is -2.25. The van der Waals surface area contributed by atoms with Gasteiger partial charge in [-0.25, -0.2) is 14.8 Å². The first-order chi connectivity index (χ1) is 10.8. The summed E-state index contributed by atoms with van der Waals surface area (Å²) in [6.07, 6.45) is 8.22. The van der Waals surface area contributed by atoms with Crippen LogP contribution in [0, 0.1) is 5.92 Å². The lowest BCUT2D eigenvalue weighted by Crippen LogP contribution is -2.42. The molecule has 0 heterocycles. The molecule has 6 heteroatoms. The van der Waals surface area contributed by atoms with Gasteiger partial charge >= 0.3 is 6.09 Å². The molecule has 128 valence electrons. The monoisotopic (exact) mass is 357 g/mol. The fourth-order valence-corrected chi connectivity index (χ4v) is 3.57. The van der Waals surface area contributed by atoms with Gasteiger partial charge in [0.2, 0.25) is 0 Å². The third-order valence-electron chi connectivity index (χ3n) is 4.03. The molecular formula is C17H24ClNO3S. The van der Waals surface area contributed by atoms with Crippen molar-refractivity contribution in [3.63, 3.8) is 0 Å². The van der Waals surface area contributed by atoms with E-state index in [1.165, 1.54) is 0 Å². The fraction of sp³-hybridized carbons (Fsp3) is 0.529. The Morgan fingerprint density at radius 1 is 1.43 bits per heavy atom. The summed E-state index contributed by atoms with van der Waals surface area (Å²) in [7, 11) is -0.700. The molecule has 1 N–H and O–H groups in total. The Morgan fingerprint density at radius 3 is 2.78 bits per heavy atom. The van der Waals surface area contributed by atoms with Crippen molar-refractivity contribution in [1.82, 2.24) is 5.32 Å². The van der Waals surface area contributed by atoms with Crippen LogP contribution in [-0.4, -0.2) is 49.5 Å². The van der Waals surface area contributed by atoms with Gasteiger partial charge in [-0.1, -0.05) is 23.7 Å². The second-order valence-corrected chi connectivity index (χ2v) is 11.8. The van der Waals surface area contributed by atoms with Crippen LogP contribution in [0.25, 0.3) is 0 Å². The summed E-state index contributed by atoms with van der Waals surface area (Å²) in [4.78, 5) is 23.3. The summed E-state index contributed by atoms with van der Waals surface area (Å²) in [6.45, 7) is 0.382. The Kier molecular flexibility index (Phi) is 5.98. The number of hydrogen-bond donors (Lipinski definition) is 1. The van der Waals surface area contributed by atoms with E-state index >= 15 is 0 Å². The summed E-state index contributed by atoms with van der Waals surface area (Å²) < 4.78 is 5.20. The minimum Gasteiger partial charge on any atom is -0.449 e. The summed E-state index contributed by atoms with van der Waals surface area (Å²) in [5.74, 6) is 0.889. The first-order valence-corrected chi connectivity index (χ1v) is 11.0. The molecule has 23 heavy (non-hydrogen) atoms. The molecule has 2 rings (SSSR count). The molecule has 0 fully saturated rings. The summed E-state index contributed by atoms with van der Waals surface area (Å²) in [6, 6.07) is 5.24. The molecule has 0 saturated heterocycles. The highest BCUT2D eigenvalue weighted by Crippen LogP contribution is 2.34. The summed E-state index contributed by atoms with van der Waals surface area (Å²) >= 11 is 6.20. The van der Waals surface area contributed by atoms with E-state index in [1.807, 2.05) is 18.2 Å². The molecular weight excluding hydrogens is 334 g/mol. The minimum absolute atomic E-state index is 0.0307. The van der Waals surface area contributed by atoms with E-state index in [0.29, 0.717) is 13.0 Å². The molecule has 2 unspecified atom stereocenters. The second-order valence-electron chi connectivity index (χ2n) is 6.78. The summed E-state index contributed by atoms with van der Waals surface area (Å²) in [5, 5.41) is 3.41. The Bertz CT molecular complexity index is 586. The molecule has 1 aliphatic carbocycles. The molecule has 4 nitrogen and oxygen atoms in total. The van der Waals surface area contributed by atoms with Crippen LogP contribution in [0.5, 0.6) is 0 Å².